The molecule has 1 atom stereocenters. The van der Waals surface area contributed by atoms with Crippen molar-refractivity contribution in [2.45, 2.75) is 13.0 Å². The van der Waals surface area contributed by atoms with E-state index < -0.39 is 6.04 Å². The maximum absolute atomic E-state index is 10.4. The van der Waals surface area contributed by atoms with Crippen LogP contribution < -0.4 is 0 Å². The number of amidine groups is 1. The lowest BCUT2D eigenvalue weighted by Crippen LogP contribution is -2.38. The lowest BCUT2D eigenvalue weighted by Gasteiger charge is -2.31. The van der Waals surface area contributed by atoms with Gasteiger partial charge in [0.1, 0.15) is 29.1 Å². The minimum absolute atomic E-state index is 0.0508. The minimum Gasteiger partial charge on any atom is -0.508 e. The number of rotatable bonds is 2. The van der Waals surface area contributed by atoms with E-state index in [1.165, 1.54) is 12.1 Å². The number of hydroxylamine groups is 2. The van der Waals surface area contributed by atoms with E-state index in [9.17, 15) is 15.4 Å². The molecule has 2 aromatic carbocycles. The Labute approximate surface area is 127 Å². The molecule has 1 heterocycles. The van der Waals surface area contributed by atoms with Crippen LogP contribution in [0.15, 0.2) is 58.7 Å². The third kappa shape index (κ3) is 2.40. The van der Waals surface area contributed by atoms with Crippen LogP contribution in [0.4, 0.5) is 0 Å². The van der Waals surface area contributed by atoms with E-state index in [-0.39, 0.29) is 11.5 Å². The van der Waals surface area contributed by atoms with Gasteiger partial charge in [-0.3, -0.25) is 5.21 Å². The Hall–Kier alpha value is -2.86. The quantitative estimate of drug-likeness (QED) is 0.795. The van der Waals surface area contributed by atoms with Gasteiger partial charge >= 0.3 is 0 Å². The van der Waals surface area contributed by atoms with Crippen molar-refractivity contribution in [1.29, 1.82) is 0 Å². The molecule has 0 amide bonds. The van der Waals surface area contributed by atoms with Crippen molar-refractivity contribution in [3.63, 3.8) is 0 Å². The van der Waals surface area contributed by atoms with Gasteiger partial charge in [-0.25, -0.2) is 5.06 Å². The number of benzene rings is 2. The summed E-state index contributed by atoms with van der Waals surface area (Å²) < 4.78 is 0. The van der Waals surface area contributed by atoms with Crippen molar-refractivity contribution >= 4 is 11.5 Å². The predicted molar refractivity (Wildman–Crippen MR) is 82.2 cm³/mol. The second-order valence-corrected chi connectivity index (χ2v) is 4.99. The number of aromatic hydroxyl groups is 2. The number of phenols is 2. The standard InChI is InChI=1S/C16H15N3O3/c1-10-17-18-15(11-5-3-2-4-6-11)16(19(10)22)13-8-7-12(20)9-14(13)21/h2-9,16,20-22H,1H3. The summed E-state index contributed by atoms with van der Waals surface area (Å²) in [6.07, 6.45) is 0. The Balaban J connectivity index is 2.14. The Kier molecular flexibility index (Phi) is 3.52. The Bertz CT molecular complexity index is 756. The second kappa shape index (κ2) is 5.50. The maximum atomic E-state index is 10.4. The van der Waals surface area contributed by atoms with Gasteiger partial charge in [-0.1, -0.05) is 30.3 Å². The van der Waals surface area contributed by atoms with Crippen LogP contribution in [0.1, 0.15) is 24.1 Å². The van der Waals surface area contributed by atoms with Crippen molar-refractivity contribution in [2.24, 2.45) is 10.2 Å². The summed E-state index contributed by atoms with van der Waals surface area (Å²) >= 11 is 0. The van der Waals surface area contributed by atoms with Gasteiger partial charge in [0.15, 0.2) is 0 Å². The van der Waals surface area contributed by atoms with Crippen molar-refractivity contribution in [1.82, 2.24) is 5.06 Å². The molecule has 112 valence electrons. The van der Waals surface area contributed by atoms with Crippen LogP contribution in [0, 0.1) is 0 Å². The lowest BCUT2D eigenvalue weighted by molar-refractivity contribution is -0.0366. The first kappa shape index (κ1) is 14.1. The molecule has 0 saturated heterocycles. The minimum atomic E-state index is -0.708. The second-order valence-electron chi connectivity index (χ2n) is 4.99. The summed E-state index contributed by atoms with van der Waals surface area (Å²) in [5, 5.41) is 39.0. The molecule has 0 fully saturated rings. The molecular weight excluding hydrogens is 282 g/mol. The highest BCUT2D eigenvalue weighted by Gasteiger charge is 2.32. The molecule has 6 nitrogen and oxygen atoms in total. The summed E-state index contributed by atoms with van der Waals surface area (Å²) in [5.74, 6) is 0.143. The van der Waals surface area contributed by atoms with Gasteiger partial charge < -0.3 is 10.2 Å². The van der Waals surface area contributed by atoms with Crippen LogP contribution in [0.25, 0.3) is 0 Å². The fourth-order valence-corrected chi connectivity index (χ4v) is 2.40. The highest BCUT2D eigenvalue weighted by atomic mass is 16.5. The fraction of sp³-hybridized carbons (Fsp3) is 0.125. The Morgan fingerprint density at radius 3 is 2.41 bits per heavy atom. The first-order valence-corrected chi connectivity index (χ1v) is 6.75. The molecular formula is C16H15N3O3. The van der Waals surface area contributed by atoms with Gasteiger partial charge in [0.25, 0.3) is 0 Å². The van der Waals surface area contributed by atoms with Crippen LogP contribution in [-0.2, 0) is 0 Å². The van der Waals surface area contributed by atoms with E-state index >= 15 is 0 Å². The molecule has 0 bridgehead atoms. The molecule has 0 radical (unpaired) electrons. The van der Waals surface area contributed by atoms with E-state index in [1.807, 2.05) is 30.3 Å². The van der Waals surface area contributed by atoms with E-state index in [0.717, 1.165) is 10.6 Å². The highest BCUT2D eigenvalue weighted by Crippen LogP contribution is 2.35. The van der Waals surface area contributed by atoms with E-state index in [4.69, 9.17) is 0 Å². The summed E-state index contributed by atoms with van der Waals surface area (Å²) in [6.45, 7) is 1.62. The first-order valence-electron chi connectivity index (χ1n) is 6.75. The largest absolute Gasteiger partial charge is 0.508 e. The molecule has 0 saturated carbocycles. The van der Waals surface area contributed by atoms with Crippen molar-refractivity contribution in [3.05, 3.63) is 59.7 Å². The number of phenolic OH excluding ortho intramolecular Hbond substituents is 2. The number of hydrogen-bond acceptors (Lipinski definition) is 6. The number of hydrogen-bond donors (Lipinski definition) is 3. The molecule has 3 rings (SSSR count). The van der Waals surface area contributed by atoms with Gasteiger partial charge in [0.05, 0.1) is 0 Å². The third-order valence-electron chi connectivity index (χ3n) is 3.52. The molecule has 1 aliphatic heterocycles. The molecule has 1 unspecified atom stereocenters. The Morgan fingerprint density at radius 2 is 1.73 bits per heavy atom. The Morgan fingerprint density at radius 1 is 1.00 bits per heavy atom. The van der Waals surface area contributed by atoms with Crippen LogP contribution in [0.5, 0.6) is 11.5 Å². The molecule has 0 aromatic heterocycles. The van der Waals surface area contributed by atoms with Crippen LogP contribution in [0.3, 0.4) is 0 Å². The van der Waals surface area contributed by atoms with Gasteiger partial charge in [0.2, 0.25) is 0 Å². The SMILES string of the molecule is CC1=NN=C(c2ccccc2)C(c2ccc(O)cc2O)N1O. The van der Waals surface area contributed by atoms with E-state index in [2.05, 4.69) is 10.2 Å². The summed E-state index contributed by atoms with van der Waals surface area (Å²) in [4.78, 5) is 0. The zero-order valence-electron chi connectivity index (χ0n) is 11.9. The zero-order valence-corrected chi connectivity index (χ0v) is 11.9. The highest BCUT2D eigenvalue weighted by molar-refractivity contribution is 6.08. The third-order valence-corrected chi connectivity index (χ3v) is 3.52. The maximum Gasteiger partial charge on any atom is 0.149 e. The van der Waals surface area contributed by atoms with Crippen LogP contribution >= 0.6 is 0 Å². The van der Waals surface area contributed by atoms with Crippen molar-refractivity contribution in [2.75, 3.05) is 0 Å². The number of nitrogens with zero attached hydrogens (tertiary/aromatic N) is 3. The molecule has 1 aliphatic rings. The zero-order chi connectivity index (χ0) is 15.7. The van der Waals surface area contributed by atoms with Crippen molar-refractivity contribution in [3.8, 4) is 11.5 Å². The monoisotopic (exact) mass is 297 g/mol. The van der Waals surface area contributed by atoms with Gasteiger partial charge in [-0.2, -0.15) is 5.10 Å². The molecule has 6 heteroatoms. The molecule has 2 aromatic rings. The smallest absolute Gasteiger partial charge is 0.149 e. The normalized spacial score (nSPS) is 17.9. The fourth-order valence-electron chi connectivity index (χ4n) is 2.40. The molecule has 22 heavy (non-hydrogen) atoms. The summed E-state index contributed by atoms with van der Waals surface area (Å²) in [6, 6.07) is 12.8. The predicted octanol–water partition coefficient (Wildman–Crippen LogP) is 2.67. The molecule has 3 N–H and O–H groups in total. The van der Waals surface area contributed by atoms with Gasteiger partial charge in [0, 0.05) is 17.2 Å². The van der Waals surface area contributed by atoms with E-state index in [0.29, 0.717) is 17.1 Å². The topological polar surface area (TPSA) is 88.7 Å². The van der Waals surface area contributed by atoms with Crippen molar-refractivity contribution < 1.29 is 15.4 Å². The average molecular weight is 297 g/mol. The average Bonchev–Trinajstić information content (AvgIpc) is 2.51. The van der Waals surface area contributed by atoms with Crippen LogP contribution in [-0.4, -0.2) is 32.0 Å². The van der Waals surface area contributed by atoms with Gasteiger partial charge in [-0.15, -0.1) is 5.10 Å². The van der Waals surface area contributed by atoms with E-state index in [1.54, 1.807) is 13.0 Å². The van der Waals surface area contributed by atoms with Gasteiger partial charge in [-0.05, 0) is 19.1 Å². The lowest BCUT2D eigenvalue weighted by atomic mass is 9.95. The summed E-state index contributed by atoms with van der Waals surface area (Å²) in [5.41, 5.74) is 1.72. The summed E-state index contributed by atoms with van der Waals surface area (Å²) in [7, 11) is 0. The molecule has 0 spiro atoms. The first-order chi connectivity index (χ1) is 10.6. The molecule has 0 aliphatic carbocycles. The van der Waals surface area contributed by atoms with Crippen LogP contribution in [0.2, 0.25) is 0 Å².